The third-order valence-corrected chi connectivity index (χ3v) is 3.79. The molecule has 0 fully saturated rings. The molecule has 3 rings (SSSR count). The number of pyridine rings is 1. The number of amides is 1. The number of hydrogen-bond donors (Lipinski definition) is 1. The van der Waals surface area contributed by atoms with Crippen molar-refractivity contribution in [2.45, 2.75) is 20.8 Å². The number of carbonyl (C=O) groups excluding carboxylic acids is 1. The molecular weight excluding hydrogens is 302 g/mol. The number of rotatable bonds is 3. The molecule has 0 saturated heterocycles. The third kappa shape index (κ3) is 3.11. The predicted octanol–water partition coefficient (Wildman–Crippen LogP) is 3.99. The Morgan fingerprint density at radius 3 is 2.67 bits per heavy atom. The molecule has 3 aromatic rings. The number of methoxy groups -OCH3 is 1. The molecule has 0 bridgehead atoms. The second-order valence-corrected chi connectivity index (χ2v) is 6.71. The maximum atomic E-state index is 12.3. The van der Waals surface area contributed by atoms with Gasteiger partial charge in [-0.3, -0.25) is 4.79 Å². The van der Waals surface area contributed by atoms with Gasteiger partial charge in [-0.2, -0.15) is 0 Å². The molecule has 0 saturated carbocycles. The largest absolute Gasteiger partial charge is 0.495 e. The van der Waals surface area contributed by atoms with Crippen molar-refractivity contribution in [1.82, 2.24) is 9.38 Å². The minimum absolute atomic E-state index is 0.0621. The van der Waals surface area contributed by atoms with Crippen LogP contribution in [0, 0.1) is 5.41 Å². The van der Waals surface area contributed by atoms with Crippen LogP contribution in [-0.2, 0) is 4.79 Å². The fourth-order valence-electron chi connectivity index (χ4n) is 2.35. The quantitative estimate of drug-likeness (QED) is 0.793. The summed E-state index contributed by atoms with van der Waals surface area (Å²) in [7, 11) is 1.59. The number of imidazole rings is 1. The molecule has 1 N–H and O–H groups in total. The van der Waals surface area contributed by atoms with Gasteiger partial charge in [-0.1, -0.05) is 26.8 Å². The van der Waals surface area contributed by atoms with Crippen LogP contribution in [0.1, 0.15) is 20.8 Å². The van der Waals surface area contributed by atoms with Crippen molar-refractivity contribution in [3.63, 3.8) is 0 Å². The molecular formula is C19H21N3O2. The summed E-state index contributed by atoms with van der Waals surface area (Å²) >= 11 is 0. The van der Waals surface area contributed by atoms with Crippen molar-refractivity contribution in [2.24, 2.45) is 5.41 Å². The molecule has 2 heterocycles. The Balaban J connectivity index is 2.00. The van der Waals surface area contributed by atoms with Gasteiger partial charge in [0.25, 0.3) is 0 Å². The second-order valence-electron chi connectivity index (χ2n) is 6.71. The van der Waals surface area contributed by atoms with Crippen molar-refractivity contribution < 1.29 is 9.53 Å². The van der Waals surface area contributed by atoms with Crippen LogP contribution in [0.5, 0.6) is 5.75 Å². The van der Waals surface area contributed by atoms with E-state index in [9.17, 15) is 4.79 Å². The number of benzene rings is 1. The summed E-state index contributed by atoms with van der Waals surface area (Å²) < 4.78 is 7.33. The van der Waals surface area contributed by atoms with Gasteiger partial charge in [0.1, 0.15) is 11.4 Å². The number of anilines is 1. The predicted molar refractivity (Wildman–Crippen MR) is 95.3 cm³/mol. The van der Waals surface area contributed by atoms with E-state index in [1.165, 1.54) is 0 Å². The smallest absolute Gasteiger partial charge is 0.229 e. The van der Waals surface area contributed by atoms with Crippen molar-refractivity contribution in [1.29, 1.82) is 0 Å². The Kier molecular flexibility index (Phi) is 4.01. The lowest BCUT2D eigenvalue weighted by molar-refractivity contribution is -0.123. The van der Waals surface area contributed by atoms with Crippen LogP contribution in [0.3, 0.4) is 0 Å². The van der Waals surface area contributed by atoms with E-state index in [4.69, 9.17) is 4.74 Å². The van der Waals surface area contributed by atoms with E-state index in [-0.39, 0.29) is 5.91 Å². The molecule has 5 nitrogen and oxygen atoms in total. The van der Waals surface area contributed by atoms with E-state index in [1.54, 1.807) is 7.11 Å². The van der Waals surface area contributed by atoms with E-state index >= 15 is 0 Å². The van der Waals surface area contributed by atoms with E-state index in [0.717, 1.165) is 16.9 Å². The van der Waals surface area contributed by atoms with Gasteiger partial charge >= 0.3 is 0 Å². The van der Waals surface area contributed by atoms with E-state index in [0.29, 0.717) is 11.4 Å². The normalized spacial score (nSPS) is 11.5. The van der Waals surface area contributed by atoms with Crippen LogP contribution in [-0.4, -0.2) is 22.4 Å². The molecule has 0 aliphatic rings. The zero-order valence-electron chi connectivity index (χ0n) is 14.3. The monoisotopic (exact) mass is 323 g/mol. The number of carbonyl (C=O) groups is 1. The Labute approximate surface area is 141 Å². The van der Waals surface area contributed by atoms with Crippen LogP contribution in [0.2, 0.25) is 0 Å². The maximum Gasteiger partial charge on any atom is 0.229 e. The Morgan fingerprint density at radius 1 is 1.21 bits per heavy atom. The molecule has 0 radical (unpaired) electrons. The van der Waals surface area contributed by atoms with Crippen LogP contribution in [0.4, 0.5) is 5.69 Å². The van der Waals surface area contributed by atoms with Gasteiger partial charge in [0, 0.05) is 23.4 Å². The van der Waals surface area contributed by atoms with Crippen molar-refractivity contribution >= 4 is 17.2 Å². The summed E-state index contributed by atoms with van der Waals surface area (Å²) in [6.45, 7) is 5.63. The topological polar surface area (TPSA) is 55.6 Å². The van der Waals surface area contributed by atoms with Crippen LogP contribution >= 0.6 is 0 Å². The number of aromatic nitrogens is 2. The number of ether oxygens (including phenoxy) is 1. The first-order chi connectivity index (χ1) is 11.4. The summed E-state index contributed by atoms with van der Waals surface area (Å²) in [5, 5.41) is 2.95. The number of fused-ring (bicyclic) bond motifs is 1. The summed E-state index contributed by atoms with van der Waals surface area (Å²) in [6, 6.07) is 11.5. The van der Waals surface area contributed by atoms with Crippen LogP contribution in [0.15, 0.2) is 48.8 Å². The molecule has 5 heteroatoms. The van der Waals surface area contributed by atoms with Gasteiger partial charge in [-0.25, -0.2) is 4.98 Å². The molecule has 0 atom stereocenters. The van der Waals surface area contributed by atoms with Gasteiger partial charge in [-0.15, -0.1) is 0 Å². The van der Waals surface area contributed by atoms with Gasteiger partial charge in [0.05, 0.1) is 18.5 Å². The molecule has 24 heavy (non-hydrogen) atoms. The molecule has 0 unspecified atom stereocenters. The highest BCUT2D eigenvalue weighted by Gasteiger charge is 2.22. The minimum Gasteiger partial charge on any atom is -0.495 e. The SMILES string of the molecule is COc1ccc(-c2cn3ccccc3n2)cc1NC(=O)C(C)(C)C. The van der Waals surface area contributed by atoms with E-state index in [1.807, 2.05) is 74.0 Å². The Hall–Kier alpha value is -2.82. The molecule has 1 aromatic carbocycles. The van der Waals surface area contributed by atoms with E-state index < -0.39 is 5.41 Å². The average molecular weight is 323 g/mol. The molecule has 2 aromatic heterocycles. The lowest BCUT2D eigenvalue weighted by Gasteiger charge is -2.19. The number of hydrogen-bond acceptors (Lipinski definition) is 3. The summed E-state index contributed by atoms with van der Waals surface area (Å²) in [4.78, 5) is 16.9. The van der Waals surface area contributed by atoms with E-state index in [2.05, 4.69) is 10.3 Å². The zero-order chi connectivity index (χ0) is 17.3. The van der Waals surface area contributed by atoms with Crippen molar-refractivity contribution in [3.8, 4) is 17.0 Å². The molecule has 0 spiro atoms. The second kappa shape index (κ2) is 6.00. The summed E-state index contributed by atoms with van der Waals surface area (Å²) in [5.74, 6) is 0.563. The fraction of sp³-hybridized carbons (Fsp3) is 0.263. The molecule has 0 aliphatic carbocycles. The van der Waals surface area contributed by atoms with Gasteiger partial charge in [0.15, 0.2) is 0 Å². The highest BCUT2D eigenvalue weighted by atomic mass is 16.5. The van der Waals surface area contributed by atoms with Crippen molar-refractivity contribution in [3.05, 3.63) is 48.8 Å². The highest BCUT2D eigenvalue weighted by molar-refractivity contribution is 5.96. The average Bonchev–Trinajstić information content (AvgIpc) is 2.98. The minimum atomic E-state index is -0.482. The first kappa shape index (κ1) is 16.1. The Bertz CT molecular complexity index is 858. The summed E-state index contributed by atoms with van der Waals surface area (Å²) in [5.41, 5.74) is 2.80. The highest BCUT2D eigenvalue weighted by Crippen LogP contribution is 2.31. The fourth-order valence-corrected chi connectivity index (χ4v) is 2.35. The Morgan fingerprint density at radius 2 is 2.00 bits per heavy atom. The summed E-state index contributed by atoms with van der Waals surface area (Å²) in [6.07, 6.45) is 3.92. The first-order valence-corrected chi connectivity index (χ1v) is 7.82. The lowest BCUT2D eigenvalue weighted by Crippen LogP contribution is -2.27. The standard InChI is InChI=1S/C19H21N3O2/c1-19(2,3)18(23)21-14-11-13(8-9-16(14)24-4)15-12-22-10-6-5-7-17(22)20-15/h5-12H,1-4H3,(H,21,23). The lowest BCUT2D eigenvalue weighted by atomic mass is 9.95. The zero-order valence-corrected chi connectivity index (χ0v) is 14.3. The number of nitrogens with zero attached hydrogens (tertiary/aromatic N) is 2. The van der Waals surface area contributed by atoms with Gasteiger partial charge in [0.2, 0.25) is 5.91 Å². The maximum absolute atomic E-state index is 12.3. The number of nitrogens with one attached hydrogen (secondary N) is 1. The van der Waals surface area contributed by atoms with Gasteiger partial charge in [-0.05, 0) is 30.3 Å². The van der Waals surface area contributed by atoms with Crippen LogP contribution in [0.25, 0.3) is 16.9 Å². The molecule has 124 valence electrons. The van der Waals surface area contributed by atoms with Crippen molar-refractivity contribution in [2.75, 3.05) is 12.4 Å². The molecule has 1 amide bonds. The van der Waals surface area contributed by atoms with Crippen LogP contribution < -0.4 is 10.1 Å². The third-order valence-electron chi connectivity index (χ3n) is 3.79. The molecule has 0 aliphatic heterocycles. The van der Waals surface area contributed by atoms with Gasteiger partial charge < -0.3 is 14.5 Å². The first-order valence-electron chi connectivity index (χ1n) is 7.82.